The van der Waals surface area contributed by atoms with E-state index in [0.717, 1.165) is 42.7 Å². The Labute approximate surface area is 172 Å². The predicted molar refractivity (Wildman–Crippen MR) is 111 cm³/mol. The zero-order valence-corrected chi connectivity index (χ0v) is 17.6. The third-order valence-electron chi connectivity index (χ3n) is 4.93. The van der Waals surface area contributed by atoms with E-state index in [0.29, 0.717) is 12.1 Å². The molecule has 29 heavy (non-hydrogen) atoms. The van der Waals surface area contributed by atoms with Crippen LogP contribution < -0.4 is 5.32 Å². The summed E-state index contributed by atoms with van der Waals surface area (Å²) < 4.78 is 31.1. The fraction of sp³-hybridized carbons (Fsp3) is 0.381. The molecule has 156 valence electrons. The Hall–Kier alpha value is -2.26. The van der Waals surface area contributed by atoms with Gasteiger partial charge < -0.3 is 10.1 Å². The maximum atomic E-state index is 12.6. The number of hydrogen-bond donors (Lipinski definition) is 1. The molecule has 8 heteroatoms. The van der Waals surface area contributed by atoms with Crippen molar-refractivity contribution < 1.29 is 17.9 Å². The molecule has 0 saturated carbocycles. The van der Waals surface area contributed by atoms with Gasteiger partial charge in [0.15, 0.2) is 0 Å². The Morgan fingerprint density at radius 2 is 1.76 bits per heavy atom. The molecule has 7 nitrogen and oxygen atoms in total. The smallest absolute Gasteiger partial charge is 0.251 e. The van der Waals surface area contributed by atoms with Gasteiger partial charge in [-0.1, -0.05) is 30.3 Å². The zero-order valence-electron chi connectivity index (χ0n) is 16.8. The Bertz CT molecular complexity index is 954. The van der Waals surface area contributed by atoms with Crippen LogP contribution in [0.5, 0.6) is 0 Å². The number of rotatable bonds is 7. The molecule has 0 aromatic heterocycles. The third kappa shape index (κ3) is 5.42. The first-order chi connectivity index (χ1) is 13.9. The first-order valence-electron chi connectivity index (χ1n) is 9.55. The molecule has 3 rings (SSSR count). The number of morpholine rings is 1. The molecule has 1 aliphatic heterocycles. The van der Waals surface area contributed by atoms with Gasteiger partial charge in [-0.3, -0.25) is 9.69 Å². The van der Waals surface area contributed by atoms with E-state index in [9.17, 15) is 13.2 Å². The van der Waals surface area contributed by atoms with Crippen molar-refractivity contribution in [2.24, 2.45) is 0 Å². The molecule has 0 spiro atoms. The third-order valence-corrected chi connectivity index (χ3v) is 6.74. The molecule has 0 bridgehead atoms. The molecule has 2 aromatic carbocycles. The molecule has 2 aromatic rings. The second-order valence-corrected chi connectivity index (χ2v) is 9.31. The van der Waals surface area contributed by atoms with Crippen LogP contribution in [-0.4, -0.2) is 63.9 Å². The number of ether oxygens (including phenoxy) is 1. The van der Waals surface area contributed by atoms with Gasteiger partial charge in [0, 0.05) is 45.8 Å². The average molecular weight is 418 g/mol. The molecule has 0 unspecified atom stereocenters. The van der Waals surface area contributed by atoms with E-state index in [-0.39, 0.29) is 10.8 Å². The summed E-state index contributed by atoms with van der Waals surface area (Å²) in [4.78, 5) is 15.1. The summed E-state index contributed by atoms with van der Waals surface area (Å²) in [5.41, 5.74) is 2.53. The standard InChI is InChI=1S/C21H27N3O4S/c1-23(2)29(26,27)20-9-5-8-17(14-20)21(25)22-15-18-6-3-4-7-19(18)16-24-10-12-28-13-11-24/h3-9,14H,10-13,15-16H2,1-2H3,(H,22,25). The fourth-order valence-corrected chi connectivity index (χ4v) is 4.12. The number of sulfonamides is 1. The van der Waals surface area contributed by atoms with E-state index in [1.165, 1.54) is 31.8 Å². The van der Waals surface area contributed by atoms with Crippen molar-refractivity contribution in [2.45, 2.75) is 18.0 Å². The van der Waals surface area contributed by atoms with Crippen molar-refractivity contribution >= 4 is 15.9 Å². The van der Waals surface area contributed by atoms with Crippen LogP contribution >= 0.6 is 0 Å². The maximum Gasteiger partial charge on any atom is 0.251 e. The predicted octanol–water partition coefficient (Wildman–Crippen LogP) is 1.70. The highest BCUT2D eigenvalue weighted by Crippen LogP contribution is 2.16. The second-order valence-electron chi connectivity index (χ2n) is 7.16. The number of benzene rings is 2. The van der Waals surface area contributed by atoms with E-state index >= 15 is 0 Å². The quantitative estimate of drug-likeness (QED) is 0.742. The van der Waals surface area contributed by atoms with Crippen molar-refractivity contribution in [2.75, 3.05) is 40.4 Å². The lowest BCUT2D eigenvalue weighted by Gasteiger charge is -2.27. The minimum atomic E-state index is -3.59. The molecule has 1 fully saturated rings. The summed E-state index contributed by atoms with van der Waals surface area (Å²) in [5, 5.41) is 2.91. The van der Waals surface area contributed by atoms with Crippen LogP contribution in [0.4, 0.5) is 0 Å². The lowest BCUT2D eigenvalue weighted by atomic mass is 10.1. The summed E-state index contributed by atoms with van der Waals surface area (Å²) >= 11 is 0. The maximum absolute atomic E-state index is 12.6. The van der Waals surface area contributed by atoms with Gasteiger partial charge in [0.05, 0.1) is 18.1 Å². The highest BCUT2D eigenvalue weighted by Gasteiger charge is 2.19. The zero-order chi connectivity index (χ0) is 20.9. The van der Waals surface area contributed by atoms with Crippen molar-refractivity contribution in [1.82, 2.24) is 14.5 Å². The summed E-state index contributed by atoms with van der Waals surface area (Å²) in [6, 6.07) is 14.1. The number of carbonyl (C=O) groups is 1. The van der Waals surface area contributed by atoms with Crippen LogP contribution in [0, 0.1) is 0 Å². The molecule has 1 heterocycles. The van der Waals surface area contributed by atoms with Crippen LogP contribution in [0.1, 0.15) is 21.5 Å². The van der Waals surface area contributed by atoms with Gasteiger partial charge in [0.2, 0.25) is 10.0 Å². The molecule has 1 saturated heterocycles. The molecule has 1 amide bonds. The lowest BCUT2D eigenvalue weighted by molar-refractivity contribution is 0.0340. The molecule has 1 aliphatic rings. The van der Waals surface area contributed by atoms with Crippen LogP contribution in [-0.2, 0) is 27.8 Å². The summed E-state index contributed by atoms with van der Waals surface area (Å²) in [7, 11) is -0.654. The van der Waals surface area contributed by atoms with E-state index in [2.05, 4.69) is 16.3 Å². The van der Waals surface area contributed by atoms with Gasteiger partial charge in [-0.15, -0.1) is 0 Å². The van der Waals surface area contributed by atoms with Gasteiger partial charge in [0.25, 0.3) is 5.91 Å². The van der Waals surface area contributed by atoms with Gasteiger partial charge >= 0.3 is 0 Å². The van der Waals surface area contributed by atoms with Gasteiger partial charge in [-0.2, -0.15) is 0 Å². The fourth-order valence-electron chi connectivity index (χ4n) is 3.17. The van der Waals surface area contributed by atoms with E-state index in [4.69, 9.17) is 4.74 Å². The lowest BCUT2D eigenvalue weighted by Crippen LogP contribution is -2.36. The Balaban J connectivity index is 1.68. The second kappa shape index (κ2) is 9.49. The number of nitrogens with one attached hydrogen (secondary N) is 1. The van der Waals surface area contributed by atoms with Crippen molar-refractivity contribution in [3.63, 3.8) is 0 Å². The number of nitrogens with zero attached hydrogens (tertiary/aromatic N) is 2. The van der Waals surface area contributed by atoms with E-state index < -0.39 is 10.0 Å². The van der Waals surface area contributed by atoms with E-state index in [1.54, 1.807) is 12.1 Å². The van der Waals surface area contributed by atoms with Crippen LogP contribution in [0.2, 0.25) is 0 Å². The highest BCUT2D eigenvalue weighted by atomic mass is 32.2. The Kier molecular flexibility index (Phi) is 7.02. The number of carbonyl (C=O) groups excluding carboxylic acids is 1. The SMILES string of the molecule is CN(C)S(=O)(=O)c1cccc(C(=O)NCc2ccccc2CN2CCOCC2)c1. The van der Waals surface area contributed by atoms with Crippen molar-refractivity contribution in [3.8, 4) is 0 Å². The van der Waals surface area contributed by atoms with Crippen molar-refractivity contribution in [1.29, 1.82) is 0 Å². The Morgan fingerprint density at radius 3 is 2.45 bits per heavy atom. The normalized spacial score (nSPS) is 15.4. The molecule has 0 aliphatic carbocycles. The summed E-state index contributed by atoms with van der Waals surface area (Å²) in [6.07, 6.45) is 0. The topological polar surface area (TPSA) is 79.0 Å². The summed E-state index contributed by atoms with van der Waals surface area (Å²) in [6.45, 7) is 4.47. The monoisotopic (exact) mass is 417 g/mol. The average Bonchev–Trinajstić information content (AvgIpc) is 2.73. The molecule has 0 radical (unpaired) electrons. The minimum absolute atomic E-state index is 0.0999. The Morgan fingerprint density at radius 1 is 1.07 bits per heavy atom. The van der Waals surface area contributed by atoms with Gasteiger partial charge in [0.1, 0.15) is 0 Å². The highest BCUT2D eigenvalue weighted by molar-refractivity contribution is 7.89. The first kappa shape index (κ1) is 21.4. The number of amides is 1. The van der Waals surface area contributed by atoms with Crippen molar-refractivity contribution in [3.05, 3.63) is 65.2 Å². The number of hydrogen-bond acceptors (Lipinski definition) is 5. The molecule has 0 atom stereocenters. The largest absolute Gasteiger partial charge is 0.379 e. The van der Waals surface area contributed by atoms with Gasteiger partial charge in [-0.25, -0.2) is 12.7 Å². The molecule has 1 N–H and O–H groups in total. The first-order valence-corrected chi connectivity index (χ1v) is 11.0. The molecular formula is C21H27N3O4S. The van der Waals surface area contributed by atoms with Crippen LogP contribution in [0.25, 0.3) is 0 Å². The van der Waals surface area contributed by atoms with Crippen LogP contribution in [0.15, 0.2) is 53.4 Å². The van der Waals surface area contributed by atoms with Crippen LogP contribution in [0.3, 0.4) is 0 Å². The van der Waals surface area contributed by atoms with E-state index in [1.807, 2.05) is 18.2 Å². The molecular weight excluding hydrogens is 390 g/mol. The summed E-state index contributed by atoms with van der Waals surface area (Å²) in [5.74, 6) is -0.304. The van der Waals surface area contributed by atoms with Gasteiger partial charge in [-0.05, 0) is 29.3 Å². The minimum Gasteiger partial charge on any atom is -0.379 e.